The second-order valence-corrected chi connectivity index (χ2v) is 5.42. The molecule has 0 amide bonds. The van der Waals surface area contributed by atoms with Crippen LogP contribution in [0.4, 0.5) is 0 Å². The number of aliphatic hydroxyl groups is 1. The van der Waals surface area contributed by atoms with Crippen LogP contribution in [-0.2, 0) is 4.74 Å². The first-order valence-corrected chi connectivity index (χ1v) is 6.16. The van der Waals surface area contributed by atoms with E-state index in [-0.39, 0.29) is 12.0 Å². The van der Waals surface area contributed by atoms with Gasteiger partial charge in [0.2, 0.25) is 0 Å². The van der Waals surface area contributed by atoms with E-state index >= 15 is 0 Å². The maximum atomic E-state index is 9.32. The Kier molecular flexibility index (Phi) is 3.33. The molecule has 88 valence electrons. The summed E-state index contributed by atoms with van der Waals surface area (Å²) in [7, 11) is 0. The van der Waals surface area contributed by atoms with Crippen molar-refractivity contribution in [3.8, 4) is 0 Å². The lowest BCUT2D eigenvalue weighted by atomic mass is 9.87. The fraction of sp³-hybridized carbons (Fsp3) is 1.00. The van der Waals surface area contributed by atoms with Crippen molar-refractivity contribution in [3.63, 3.8) is 0 Å². The molecule has 2 fully saturated rings. The Balaban J connectivity index is 1.78. The Hall–Kier alpha value is -0.120. The van der Waals surface area contributed by atoms with Crippen molar-refractivity contribution in [2.75, 3.05) is 13.2 Å². The summed E-state index contributed by atoms with van der Waals surface area (Å²) in [5, 5.41) is 12.9. The van der Waals surface area contributed by atoms with E-state index in [1.165, 1.54) is 12.8 Å². The molecule has 2 N–H and O–H groups in total. The predicted molar refractivity (Wildman–Crippen MR) is 59.8 cm³/mol. The van der Waals surface area contributed by atoms with Gasteiger partial charge in [-0.05, 0) is 25.7 Å². The van der Waals surface area contributed by atoms with E-state index in [1.54, 1.807) is 0 Å². The zero-order valence-corrected chi connectivity index (χ0v) is 9.83. The molecule has 0 aromatic rings. The lowest BCUT2D eigenvalue weighted by molar-refractivity contribution is 0.0909. The average Bonchev–Trinajstić information content (AvgIpc) is 2.87. The van der Waals surface area contributed by atoms with Gasteiger partial charge < -0.3 is 15.2 Å². The van der Waals surface area contributed by atoms with Gasteiger partial charge in [-0.1, -0.05) is 13.8 Å². The molecular weight excluding hydrogens is 190 g/mol. The van der Waals surface area contributed by atoms with Gasteiger partial charge in [0.1, 0.15) is 0 Å². The molecule has 2 aliphatic heterocycles. The highest BCUT2D eigenvalue weighted by Gasteiger charge is 2.41. The lowest BCUT2D eigenvalue weighted by Crippen LogP contribution is -2.44. The SMILES string of the molecule is CCC(C)(CO)CNC1CC2CCC1O2. The second kappa shape index (κ2) is 4.40. The minimum Gasteiger partial charge on any atom is -0.396 e. The third-order valence-electron chi connectivity index (χ3n) is 4.13. The van der Waals surface area contributed by atoms with Crippen molar-refractivity contribution < 1.29 is 9.84 Å². The molecular formula is C12H23NO2. The molecule has 0 aliphatic carbocycles. The number of nitrogens with one attached hydrogen (secondary N) is 1. The molecule has 2 aliphatic rings. The first-order valence-electron chi connectivity index (χ1n) is 6.16. The molecule has 0 spiro atoms. The van der Waals surface area contributed by atoms with Crippen molar-refractivity contribution in [3.05, 3.63) is 0 Å². The van der Waals surface area contributed by atoms with Crippen molar-refractivity contribution in [1.82, 2.24) is 5.32 Å². The molecule has 0 aromatic carbocycles. The Bertz CT molecular complexity index is 216. The fourth-order valence-electron chi connectivity index (χ4n) is 2.52. The summed E-state index contributed by atoms with van der Waals surface area (Å²) < 4.78 is 5.79. The van der Waals surface area contributed by atoms with Gasteiger partial charge in [0.25, 0.3) is 0 Å². The summed E-state index contributed by atoms with van der Waals surface area (Å²) in [5.41, 5.74) is 0.0296. The van der Waals surface area contributed by atoms with E-state index in [4.69, 9.17) is 4.74 Å². The summed E-state index contributed by atoms with van der Waals surface area (Å²) in [5.74, 6) is 0. The van der Waals surface area contributed by atoms with E-state index in [1.807, 2.05) is 0 Å². The van der Waals surface area contributed by atoms with E-state index in [0.717, 1.165) is 19.4 Å². The minimum atomic E-state index is 0.0296. The van der Waals surface area contributed by atoms with Crippen LogP contribution in [-0.4, -0.2) is 36.5 Å². The number of fused-ring (bicyclic) bond motifs is 2. The van der Waals surface area contributed by atoms with Gasteiger partial charge in [-0.25, -0.2) is 0 Å². The zero-order valence-electron chi connectivity index (χ0n) is 9.83. The van der Waals surface area contributed by atoms with Crippen molar-refractivity contribution in [2.24, 2.45) is 5.41 Å². The van der Waals surface area contributed by atoms with Gasteiger partial charge in [0.05, 0.1) is 12.2 Å². The Morgan fingerprint density at radius 1 is 1.47 bits per heavy atom. The molecule has 15 heavy (non-hydrogen) atoms. The highest BCUT2D eigenvalue weighted by molar-refractivity contribution is 4.94. The summed E-state index contributed by atoms with van der Waals surface area (Å²) in [6.45, 7) is 5.43. The van der Waals surface area contributed by atoms with Gasteiger partial charge in [-0.2, -0.15) is 0 Å². The third-order valence-corrected chi connectivity index (χ3v) is 4.13. The van der Waals surface area contributed by atoms with Crippen LogP contribution in [0.25, 0.3) is 0 Å². The lowest BCUT2D eigenvalue weighted by Gasteiger charge is -2.29. The standard InChI is InChI=1S/C12H23NO2/c1-3-12(2,8-14)7-13-10-6-9-4-5-11(10)15-9/h9-11,13-14H,3-8H2,1-2H3. The second-order valence-electron chi connectivity index (χ2n) is 5.42. The van der Waals surface area contributed by atoms with Gasteiger partial charge in [0.15, 0.2) is 0 Å². The molecule has 4 atom stereocenters. The Labute approximate surface area is 92.2 Å². The fourth-order valence-corrected chi connectivity index (χ4v) is 2.52. The van der Waals surface area contributed by atoms with Gasteiger partial charge in [-0.3, -0.25) is 0 Å². The molecule has 0 aromatic heterocycles. The van der Waals surface area contributed by atoms with E-state index < -0.39 is 0 Å². The molecule has 0 radical (unpaired) electrons. The van der Waals surface area contributed by atoms with Crippen LogP contribution >= 0.6 is 0 Å². The van der Waals surface area contributed by atoms with Gasteiger partial charge in [0, 0.05) is 24.6 Å². The van der Waals surface area contributed by atoms with E-state index in [0.29, 0.717) is 18.2 Å². The number of hydrogen-bond donors (Lipinski definition) is 2. The average molecular weight is 213 g/mol. The van der Waals surface area contributed by atoms with Crippen LogP contribution in [0.2, 0.25) is 0 Å². The third kappa shape index (κ3) is 2.35. The van der Waals surface area contributed by atoms with Crippen molar-refractivity contribution in [2.45, 2.75) is 57.8 Å². The number of hydrogen-bond acceptors (Lipinski definition) is 3. The molecule has 0 saturated carbocycles. The van der Waals surface area contributed by atoms with E-state index in [9.17, 15) is 5.11 Å². The molecule has 4 unspecified atom stereocenters. The van der Waals surface area contributed by atoms with Crippen molar-refractivity contribution >= 4 is 0 Å². The zero-order chi connectivity index (χ0) is 10.9. The molecule has 3 nitrogen and oxygen atoms in total. The van der Waals surface area contributed by atoms with Gasteiger partial charge >= 0.3 is 0 Å². The molecule has 2 rings (SSSR count). The maximum absolute atomic E-state index is 9.32. The highest BCUT2D eigenvalue weighted by atomic mass is 16.5. The van der Waals surface area contributed by atoms with Crippen LogP contribution in [0.3, 0.4) is 0 Å². The van der Waals surface area contributed by atoms with Crippen LogP contribution in [0.5, 0.6) is 0 Å². The Morgan fingerprint density at radius 2 is 2.27 bits per heavy atom. The number of ether oxygens (including phenoxy) is 1. The van der Waals surface area contributed by atoms with Crippen LogP contribution < -0.4 is 5.32 Å². The summed E-state index contributed by atoms with van der Waals surface area (Å²) >= 11 is 0. The number of aliphatic hydroxyl groups excluding tert-OH is 1. The van der Waals surface area contributed by atoms with Gasteiger partial charge in [-0.15, -0.1) is 0 Å². The molecule has 2 heterocycles. The number of rotatable bonds is 5. The first kappa shape index (κ1) is 11.4. The monoisotopic (exact) mass is 213 g/mol. The molecule has 3 heteroatoms. The summed E-state index contributed by atoms with van der Waals surface area (Å²) in [6, 6.07) is 0.529. The van der Waals surface area contributed by atoms with Crippen LogP contribution in [0, 0.1) is 5.41 Å². The van der Waals surface area contributed by atoms with Crippen LogP contribution in [0.1, 0.15) is 39.5 Å². The molecule has 2 bridgehead atoms. The summed E-state index contributed by atoms with van der Waals surface area (Å²) in [4.78, 5) is 0. The van der Waals surface area contributed by atoms with E-state index in [2.05, 4.69) is 19.2 Å². The minimum absolute atomic E-state index is 0.0296. The maximum Gasteiger partial charge on any atom is 0.0733 e. The predicted octanol–water partition coefficient (Wildman–Crippen LogP) is 1.30. The Morgan fingerprint density at radius 3 is 2.73 bits per heavy atom. The quantitative estimate of drug-likeness (QED) is 0.723. The normalized spacial score (nSPS) is 38.2. The van der Waals surface area contributed by atoms with Crippen LogP contribution in [0.15, 0.2) is 0 Å². The first-order chi connectivity index (χ1) is 7.17. The largest absolute Gasteiger partial charge is 0.396 e. The highest BCUT2D eigenvalue weighted by Crippen LogP contribution is 2.34. The molecule has 2 saturated heterocycles. The summed E-state index contributed by atoms with van der Waals surface area (Å²) in [6.07, 6.45) is 5.58. The topological polar surface area (TPSA) is 41.5 Å². The van der Waals surface area contributed by atoms with Crippen molar-refractivity contribution in [1.29, 1.82) is 0 Å². The smallest absolute Gasteiger partial charge is 0.0733 e.